The van der Waals surface area contributed by atoms with Crippen LogP contribution >= 0.6 is 0 Å². The predicted octanol–water partition coefficient (Wildman–Crippen LogP) is 3.50. The Morgan fingerprint density at radius 1 is 0.957 bits per heavy atom. The van der Waals surface area contributed by atoms with Crippen LogP contribution in [0.3, 0.4) is 0 Å². The first-order chi connectivity index (χ1) is 21.9. The molecule has 0 unspecified atom stereocenters. The minimum absolute atomic E-state index is 0.116. The number of hydrogen-bond acceptors (Lipinski definition) is 7. The second-order valence-corrected chi connectivity index (χ2v) is 11.1. The van der Waals surface area contributed by atoms with E-state index in [9.17, 15) is 31.9 Å². The first-order valence-corrected chi connectivity index (χ1v) is 14.7. The van der Waals surface area contributed by atoms with Crippen LogP contribution in [0.4, 0.5) is 23.2 Å². The Balaban J connectivity index is 1.50. The molecule has 0 saturated carbocycles. The van der Waals surface area contributed by atoms with Gasteiger partial charge in [0, 0.05) is 50.5 Å². The Morgan fingerprint density at radius 3 is 2.30 bits per heavy atom. The highest BCUT2D eigenvalue weighted by atomic mass is 19.4. The number of nitrogens with two attached hydrogens (primary N) is 1. The molecule has 3 N–H and O–H groups in total. The number of alkyl halides is 3. The summed E-state index contributed by atoms with van der Waals surface area (Å²) in [6.45, 7) is 2.53. The summed E-state index contributed by atoms with van der Waals surface area (Å²) in [6, 6.07) is 13.9. The Labute approximate surface area is 261 Å². The first kappa shape index (κ1) is 32.7. The molecule has 1 saturated heterocycles. The zero-order valence-corrected chi connectivity index (χ0v) is 25.3. The molecule has 4 aromatic rings. The van der Waals surface area contributed by atoms with Crippen molar-refractivity contribution in [3.05, 3.63) is 121 Å². The average molecular weight is 643 g/mol. The van der Waals surface area contributed by atoms with E-state index in [-0.39, 0.29) is 29.6 Å². The Kier molecular flexibility index (Phi) is 9.49. The summed E-state index contributed by atoms with van der Waals surface area (Å²) < 4.78 is 64.2. The molecule has 0 radical (unpaired) electrons. The molecule has 1 fully saturated rings. The maximum absolute atomic E-state index is 14.9. The number of furan rings is 1. The second kappa shape index (κ2) is 13.3. The lowest BCUT2D eigenvalue weighted by atomic mass is 10.1. The summed E-state index contributed by atoms with van der Waals surface area (Å²) in [7, 11) is 1.50. The first-order valence-electron chi connectivity index (χ1n) is 14.7. The van der Waals surface area contributed by atoms with Crippen LogP contribution < -0.4 is 27.2 Å². The largest absolute Gasteiger partial charge is 0.455 e. The summed E-state index contributed by atoms with van der Waals surface area (Å²) in [5.74, 6) is -0.693. The van der Waals surface area contributed by atoms with Gasteiger partial charge in [-0.1, -0.05) is 36.4 Å². The quantitative estimate of drug-likeness (QED) is 0.269. The standard InChI is InChI=1S/C32H34F4N6O4/c1-20-28(40-15-13-39(14-16-40)17-22-11-12-27(46-22)29(43)38-2)30(44)42(19-26(37)21-7-4-3-5-8-21)31(45)41(20)18-23-24(32(34,35)36)9-6-10-25(23)33/h3-12,26H,13-19,37H2,1-2H3,(H,38,43)/t26-/m0/s1. The SMILES string of the molecule is CNC(=O)c1ccc(CN2CCN(c3c(C)n(Cc4c(F)cccc4C(F)(F)F)c(=O)n(C[C@H](N)c4ccccc4)c3=O)CC2)o1. The highest BCUT2D eigenvalue weighted by Gasteiger charge is 2.35. The van der Waals surface area contributed by atoms with Crippen molar-refractivity contribution >= 4 is 11.6 Å². The molecule has 2 aromatic heterocycles. The highest BCUT2D eigenvalue weighted by molar-refractivity contribution is 5.91. The number of aromatic nitrogens is 2. The van der Waals surface area contributed by atoms with E-state index >= 15 is 0 Å². The van der Waals surface area contributed by atoms with E-state index in [1.165, 1.54) is 14.0 Å². The number of hydrogen-bond donors (Lipinski definition) is 2. The minimum atomic E-state index is -4.87. The van der Waals surface area contributed by atoms with E-state index < -0.39 is 47.0 Å². The predicted molar refractivity (Wildman–Crippen MR) is 163 cm³/mol. The van der Waals surface area contributed by atoms with E-state index in [1.54, 1.807) is 47.4 Å². The molecule has 10 nitrogen and oxygen atoms in total. The lowest BCUT2D eigenvalue weighted by molar-refractivity contribution is -0.138. The zero-order chi connectivity index (χ0) is 33.2. The molecule has 14 heteroatoms. The molecule has 0 spiro atoms. The zero-order valence-electron chi connectivity index (χ0n) is 25.3. The molecule has 1 amide bonds. The summed E-state index contributed by atoms with van der Waals surface area (Å²) >= 11 is 0. The molecule has 0 bridgehead atoms. The van der Waals surface area contributed by atoms with Gasteiger partial charge in [-0.25, -0.2) is 9.18 Å². The third kappa shape index (κ3) is 6.77. The lowest BCUT2D eigenvalue weighted by Crippen LogP contribution is -2.51. The topological polar surface area (TPSA) is 119 Å². The molecule has 1 atom stereocenters. The Morgan fingerprint density at radius 2 is 1.65 bits per heavy atom. The molecule has 3 heterocycles. The molecular formula is C32H34F4N6O4. The van der Waals surface area contributed by atoms with Crippen LogP contribution in [-0.4, -0.2) is 53.2 Å². The number of amides is 1. The molecule has 244 valence electrons. The van der Waals surface area contributed by atoms with Crippen LogP contribution in [0.25, 0.3) is 0 Å². The van der Waals surface area contributed by atoms with Crippen molar-refractivity contribution < 1.29 is 26.8 Å². The van der Waals surface area contributed by atoms with Gasteiger partial charge < -0.3 is 20.4 Å². The van der Waals surface area contributed by atoms with Crippen molar-refractivity contribution in [3.8, 4) is 0 Å². The van der Waals surface area contributed by atoms with Crippen molar-refractivity contribution in [2.75, 3.05) is 38.1 Å². The van der Waals surface area contributed by atoms with Crippen LogP contribution in [0.15, 0.2) is 74.7 Å². The van der Waals surface area contributed by atoms with E-state index in [1.807, 2.05) is 0 Å². The molecular weight excluding hydrogens is 608 g/mol. The van der Waals surface area contributed by atoms with Gasteiger partial charge in [-0.05, 0) is 36.8 Å². The fourth-order valence-electron chi connectivity index (χ4n) is 5.70. The van der Waals surface area contributed by atoms with Crippen molar-refractivity contribution in [1.82, 2.24) is 19.4 Å². The summed E-state index contributed by atoms with van der Waals surface area (Å²) in [5.41, 5.74) is 3.85. The number of nitrogens with one attached hydrogen (secondary N) is 1. The number of carbonyl (C=O) groups excluding carboxylic acids is 1. The van der Waals surface area contributed by atoms with Crippen LogP contribution in [0.1, 0.15) is 44.7 Å². The van der Waals surface area contributed by atoms with Crippen molar-refractivity contribution in [2.24, 2.45) is 5.73 Å². The van der Waals surface area contributed by atoms with E-state index in [4.69, 9.17) is 10.2 Å². The van der Waals surface area contributed by atoms with Gasteiger partial charge in [0.1, 0.15) is 17.3 Å². The third-order valence-electron chi connectivity index (χ3n) is 8.19. The van der Waals surface area contributed by atoms with Crippen molar-refractivity contribution in [1.29, 1.82) is 0 Å². The monoisotopic (exact) mass is 642 g/mol. The number of halogens is 4. The molecule has 5 rings (SSSR count). The molecule has 1 aliphatic rings. The van der Waals surface area contributed by atoms with Gasteiger partial charge in [-0.3, -0.25) is 23.6 Å². The maximum Gasteiger partial charge on any atom is 0.416 e. The highest BCUT2D eigenvalue weighted by Crippen LogP contribution is 2.33. The Bertz CT molecular complexity index is 1820. The smallest absolute Gasteiger partial charge is 0.416 e. The van der Waals surface area contributed by atoms with Gasteiger partial charge in [-0.15, -0.1) is 0 Å². The van der Waals surface area contributed by atoms with Crippen LogP contribution in [0.5, 0.6) is 0 Å². The number of benzene rings is 2. The number of rotatable bonds is 9. The van der Waals surface area contributed by atoms with Gasteiger partial charge in [0.25, 0.3) is 11.5 Å². The van der Waals surface area contributed by atoms with Crippen molar-refractivity contribution in [2.45, 2.75) is 38.8 Å². The summed E-state index contributed by atoms with van der Waals surface area (Å²) in [6.07, 6.45) is -4.87. The second-order valence-electron chi connectivity index (χ2n) is 11.1. The van der Waals surface area contributed by atoms with Gasteiger partial charge in [0.05, 0.1) is 25.2 Å². The normalized spacial score (nSPS) is 14.8. The van der Waals surface area contributed by atoms with Gasteiger partial charge in [0.2, 0.25) is 0 Å². The van der Waals surface area contributed by atoms with E-state index in [0.717, 1.165) is 27.3 Å². The number of carbonyl (C=O) groups is 1. The Hall–Kier alpha value is -4.69. The van der Waals surface area contributed by atoms with Gasteiger partial charge >= 0.3 is 11.9 Å². The fraction of sp³-hybridized carbons (Fsp3) is 0.344. The van der Waals surface area contributed by atoms with Gasteiger partial charge in [0.15, 0.2) is 5.76 Å². The third-order valence-corrected chi connectivity index (χ3v) is 8.19. The molecule has 46 heavy (non-hydrogen) atoms. The maximum atomic E-state index is 14.9. The van der Waals surface area contributed by atoms with Crippen molar-refractivity contribution in [3.63, 3.8) is 0 Å². The fourth-order valence-corrected chi connectivity index (χ4v) is 5.70. The summed E-state index contributed by atoms with van der Waals surface area (Å²) in [4.78, 5) is 43.5. The molecule has 0 aliphatic carbocycles. The summed E-state index contributed by atoms with van der Waals surface area (Å²) in [5, 5.41) is 2.50. The number of piperazine rings is 1. The number of anilines is 1. The molecule has 2 aromatic carbocycles. The van der Waals surface area contributed by atoms with Crippen LogP contribution in [0, 0.1) is 12.7 Å². The average Bonchev–Trinajstić information content (AvgIpc) is 3.50. The number of nitrogens with zero attached hydrogens (tertiary/aromatic N) is 4. The molecule has 1 aliphatic heterocycles. The van der Waals surface area contributed by atoms with Crippen LogP contribution in [0.2, 0.25) is 0 Å². The van der Waals surface area contributed by atoms with E-state index in [0.29, 0.717) is 44.0 Å². The van der Waals surface area contributed by atoms with Gasteiger partial charge in [-0.2, -0.15) is 13.2 Å². The lowest BCUT2D eigenvalue weighted by Gasteiger charge is -2.36. The minimum Gasteiger partial charge on any atom is -0.455 e. The van der Waals surface area contributed by atoms with E-state index in [2.05, 4.69) is 10.2 Å². The van der Waals surface area contributed by atoms with Crippen LogP contribution in [-0.2, 0) is 25.8 Å².